The van der Waals surface area contributed by atoms with Gasteiger partial charge in [-0.2, -0.15) is 11.8 Å². The number of amides is 1. The minimum absolute atomic E-state index is 0.194. The summed E-state index contributed by atoms with van der Waals surface area (Å²) in [6.45, 7) is 7.21. The highest BCUT2D eigenvalue weighted by molar-refractivity contribution is 7.99. The highest BCUT2D eigenvalue weighted by Gasteiger charge is 2.12. The quantitative estimate of drug-likeness (QED) is 0.623. The molecule has 18 heavy (non-hydrogen) atoms. The molecule has 0 spiro atoms. The minimum atomic E-state index is 0.194. The predicted molar refractivity (Wildman–Crippen MR) is 81.9 cm³/mol. The fraction of sp³-hybridized carbons (Fsp3) is 0.929. The number of nitrogens with zero attached hydrogens (tertiary/aromatic N) is 1. The molecule has 1 unspecified atom stereocenters. The molecule has 0 aromatic rings. The first kappa shape index (κ1) is 17.8. The maximum Gasteiger partial charge on any atom is 0.223 e. The van der Waals surface area contributed by atoms with E-state index in [-0.39, 0.29) is 11.9 Å². The molecule has 0 aliphatic carbocycles. The summed E-state index contributed by atoms with van der Waals surface area (Å²) in [5, 5.41) is 0. The first-order valence-electron chi connectivity index (χ1n) is 7.06. The van der Waals surface area contributed by atoms with Crippen LogP contribution in [0.3, 0.4) is 0 Å². The molecule has 4 heteroatoms. The number of hydrogen-bond acceptors (Lipinski definition) is 3. The second kappa shape index (κ2) is 10.7. The normalized spacial score (nSPS) is 12.8. The summed E-state index contributed by atoms with van der Waals surface area (Å²) < 4.78 is 0. The first-order chi connectivity index (χ1) is 8.49. The van der Waals surface area contributed by atoms with Gasteiger partial charge in [-0.05, 0) is 24.5 Å². The summed E-state index contributed by atoms with van der Waals surface area (Å²) in [5.41, 5.74) is 5.98. The van der Waals surface area contributed by atoms with Gasteiger partial charge >= 0.3 is 0 Å². The van der Waals surface area contributed by atoms with Crippen molar-refractivity contribution in [2.45, 2.75) is 52.5 Å². The van der Waals surface area contributed by atoms with Crippen molar-refractivity contribution in [2.75, 3.05) is 25.1 Å². The van der Waals surface area contributed by atoms with Gasteiger partial charge in [0.1, 0.15) is 0 Å². The van der Waals surface area contributed by atoms with Crippen molar-refractivity contribution in [2.24, 2.45) is 11.7 Å². The Morgan fingerprint density at radius 3 is 2.56 bits per heavy atom. The molecule has 1 atom stereocenters. The average Bonchev–Trinajstić information content (AvgIpc) is 2.34. The number of nitrogens with two attached hydrogens (primary N) is 1. The highest BCUT2D eigenvalue weighted by atomic mass is 32.2. The molecule has 0 saturated carbocycles. The van der Waals surface area contributed by atoms with Crippen LogP contribution in [0.15, 0.2) is 0 Å². The van der Waals surface area contributed by atoms with Crippen molar-refractivity contribution >= 4 is 17.7 Å². The SMILES string of the molecule is CCCCSCCC(=O)N(C)CCC(N)C(C)C. The fourth-order valence-corrected chi connectivity index (χ4v) is 2.52. The van der Waals surface area contributed by atoms with Gasteiger partial charge in [-0.25, -0.2) is 0 Å². The molecule has 0 radical (unpaired) electrons. The minimum Gasteiger partial charge on any atom is -0.346 e. The lowest BCUT2D eigenvalue weighted by molar-refractivity contribution is -0.129. The number of unbranched alkanes of at least 4 members (excludes halogenated alkanes) is 1. The van der Waals surface area contributed by atoms with E-state index in [9.17, 15) is 4.79 Å². The predicted octanol–water partition coefficient (Wildman–Crippen LogP) is 2.74. The first-order valence-corrected chi connectivity index (χ1v) is 8.21. The van der Waals surface area contributed by atoms with E-state index in [0.717, 1.165) is 18.7 Å². The number of carbonyl (C=O) groups is 1. The Morgan fingerprint density at radius 2 is 2.00 bits per heavy atom. The Balaban J connectivity index is 3.63. The van der Waals surface area contributed by atoms with Gasteiger partial charge in [0.2, 0.25) is 5.91 Å². The maximum atomic E-state index is 11.8. The Morgan fingerprint density at radius 1 is 1.33 bits per heavy atom. The summed E-state index contributed by atoms with van der Waals surface area (Å²) in [6.07, 6.45) is 4.02. The molecule has 108 valence electrons. The van der Waals surface area contributed by atoms with E-state index in [1.165, 1.54) is 18.6 Å². The third kappa shape index (κ3) is 8.81. The molecule has 0 fully saturated rings. The number of hydrogen-bond donors (Lipinski definition) is 1. The molecule has 0 aliphatic heterocycles. The summed E-state index contributed by atoms with van der Waals surface area (Å²) >= 11 is 1.88. The monoisotopic (exact) mass is 274 g/mol. The van der Waals surface area contributed by atoms with E-state index in [0.29, 0.717) is 12.3 Å². The standard InChI is InChI=1S/C14H30N2OS/c1-5-6-10-18-11-8-14(17)16(4)9-7-13(15)12(2)3/h12-13H,5-11,15H2,1-4H3. The van der Waals surface area contributed by atoms with Crippen molar-refractivity contribution in [1.29, 1.82) is 0 Å². The van der Waals surface area contributed by atoms with Crippen LogP contribution in [0.25, 0.3) is 0 Å². The number of rotatable bonds is 10. The smallest absolute Gasteiger partial charge is 0.223 e. The van der Waals surface area contributed by atoms with Crippen molar-refractivity contribution in [3.8, 4) is 0 Å². The average molecular weight is 274 g/mol. The van der Waals surface area contributed by atoms with Crippen LogP contribution in [0.4, 0.5) is 0 Å². The molecule has 0 aromatic carbocycles. The Labute approximate surface area is 117 Å². The van der Waals surface area contributed by atoms with Crippen LogP contribution < -0.4 is 5.73 Å². The molecule has 0 saturated heterocycles. The third-order valence-electron chi connectivity index (χ3n) is 3.18. The molecule has 1 amide bonds. The van der Waals surface area contributed by atoms with Crippen LogP contribution in [0, 0.1) is 5.92 Å². The molecule has 2 N–H and O–H groups in total. The van der Waals surface area contributed by atoms with Crippen LogP contribution in [0.1, 0.15) is 46.5 Å². The van der Waals surface area contributed by atoms with Crippen molar-refractivity contribution in [3.05, 3.63) is 0 Å². The van der Waals surface area contributed by atoms with Gasteiger partial charge < -0.3 is 10.6 Å². The van der Waals surface area contributed by atoms with Crippen molar-refractivity contribution in [3.63, 3.8) is 0 Å². The molecule has 0 aromatic heterocycles. The summed E-state index contributed by atoms with van der Waals surface area (Å²) in [5.74, 6) is 2.85. The number of thioether (sulfide) groups is 1. The molecular formula is C14H30N2OS. The zero-order chi connectivity index (χ0) is 14.0. The van der Waals surface area contributed by atoms with Crippen LogP contribution in [0.5, 0.6) is 0 Å². The van der Waals surface area contributed by atoms with Gasteiger partial charge in [-0.15, -0.1) is 0 Å². The van der Waals surface area contributed by atoms with E-state index in [2.05, 4.69) is 20.8 Å². The van der Waals surface area contributed by atoms with Crippen LogP contribution in [-0.4, -0.2) is 41.9 Å². The van der Waals surface area contributed by atoms with Crippen molar-refractivity contribution in [1.82, 2.24) is 4.90 Å². The molecular weight excluding hydrogens is 244 g/mol. The van der Waals surface area contributed by atoms with E-state index >= 15 is 0 Å². The number of carbonyl (C=O) groups excluding carboxylic acids is 1. The van der Waals surface area contributed by atoms with Gasteiger partial charge in [0.15, 0.2) is 0 Å². The van der Waals surface area contributed by atoms with Crippen molar-refractivity contribution < 1.29 is 4.79 Å². The maximum absolute atomic E-state index is 11.8. The van der Waals surface area contributed by atoms with Gasteiger partial charge in [0.25, 0.3) is 0 Å². The molecule has 0 heterocycles. The van der Waals surface area contributed by atoms with Crippen LogP contribution in [0.2, 0.25) is 0 Å². The second-order valence-corrected chi connectivity index (χ2v) is 6.45. The second-order valence-electron chi connectivity index (χ2n) is 5.23. The van der Waals surface area contributed by atoms with Gasteiger partial charge in [-0.3, -0.25) is 4.79 Å². The molecule has 0 bridgehead atoms. The van der Waals surface area contributed by atoms with Crippen LogP contribution >= 0.6 is 11.8 Å². The molecule has 0 rings (SSSR count). The Kier molecular flexibility index (Phi) is 10.5. The fourth-order valence-electron chi connectivity index (χ4n) is 1.50. The molecule has 0 aliphatic rings. The Hall–Kier alpha value is -0.220. The molecule has 3 nitrogen and oxygen atoms in total. The lowest BCUT2D eigenvalue weighted by Crippen LogP contribution is -2.34. The summed E-state index contributed by atoms with van der Waals surface area (Å²) in [7, 11) is 1.88. The zero-order valence-electron chi connectivity index (χ0n) is 12.4. The summed E-state index contributed by atoms with van der Waals surface area (Å²) in [4.78, 5) is 13.7. The summed E-state index contributed by atoms with van der Waals surface area (Å²) in [6, 6.07) is 0.194. The van der Waals surface area contributed by atoms with E-state index < -0.39 is 0 Å². The zero-order valence-corrected chi connectivity index (χ0v) is 13.3. The lowest BCUT2D eigenvalue weighted by atomic mass is 10.0. The topological polar surface area (TPSA) is 46.3 Å². The van der Waals surface area contributed by atoms with Gasteiger partial charge in [0.05, 0.1) is 0 Å². The highest BCUT2D eigenvalue weighted by Crippen LogP contribution is 2.08. The van der Waals surface area contributed by atoms with E-state index in [1.54, 1.807) is 0 Å². The largest absolute Gasteiger partial charge is 0.346 e. The van der Waals surface area contributed by atoms with Gasteiger partial charge in [0, 0.05) is 31.8 Å². The Bertz CT molecular complexity index is 222. The van der Waals surface area contributed by atoms with E-state index in [1.807, 2.05) is 23.7 Å². The van der Waals surface area contributed by atoms with Gasteiger partial charge in [-0.1, -0.05) is 27.2 Å². The van der Waals surface area contributed by atoms with E-state index in [4.69, 9.17) is 5.73 Å². The lowest BCUT2D eigenvalue weighted by Gasteiger charge is -2.21. The van der Waals surface area contributed by atoms with Crippen LogP contribution in [-0.2, 0) is 4.79 Å². The third-order valence-corrected chi connectivity index (χ3v) is 4.25.